The van der Waals surface area contributed by atoms with E-state index < -0.39 is 0 Å². The number of thioether (sulfide) groups is 1. The van der Waals surface area contributed by atoms with Crippen LogP contribution in [0, 0.1) is 12.8 Å². The molecule has 2 fully saturated rings. The molecule has 0 aromatic heterocycles. The van der Waals surface area contributed by atoms with E-state index >= 15 is 0 Å². The van der Waals surface area contributed by atoms with Gasteiger partial charge in [0.1, 0.15) is 0 Å². The fourth-order valence-corrected chi connectivity index (χ4v) is 5.18. The minimum absolute atomic E-state index is 0.136. The number of nitrogens with one attached hydrogen (secondary N) is 2. The Hall–Kier alpha value is -1.00. The van der Waals surface area contributed by atoms with Crippen molar-refractivity contribution in [2.24, 2.45) is 5.92 Å². The van der Waals surface area contributed by atoms with Crippen molar-refractivity contribution in [1.29, 1.82) is 0 Å². The van der Waals surface area contributed by atoms with E-state index in [1.807, 2.05) is 11.8 Å². The molecule has 0 bridgehead atoms. The second kappa shape index (κ2) is 8.39. The first-order valence-electron chi connectivity index (χ1n) is 9.43. The van der Waals surface area contributed by atoms with Gasteiger partial charge in [-0.25, -0.2) is 0 Å². The van der Waals surface area contributed by atoms with Crippen molar-refractivity contribution in [2.75, 3.05) is 11.9 Å². The van der Waals surface area contributed by atoms with E-state index in [-0.39, 0.29) is 11.8 Å². The maximum absolute atomic E-state index is 12.5. The molecule has 2 N–H and O–H groups in total. The van der Waals surface area contributed by atoms with E-state index in [1.165, 1.54) is 42.6 Å². The van der Waals surface area contributed by atoms with Crippen LogP contribution in [0.2, 0.25) is 0 Å². The molecule has 1 aromatic carbocycles. The minimum atomic E-state index is 0.136. The predicted octanol–water partition coefficient (Wildman–Crippen LogP) is 4.75. The molecule has 1 aromatic rings. The van der Waals surface area contributed by atoms with Crippen LogP contribution in [0.1, 0.15) is 57.4 Å². The highest BCUT2D eigenvalue weighted by atomic mass is 32.2. The fourth-order valence-electron chi connectivity index (χ4n) is 3.83. The first-order chi connectivity index (χ1) is 11.6. The average molecular weight is 347 g/mol. The van der Waals surface area contributed by atoms with Gasteiger partial charge in [0, 0.05) is 27.8 Å². The number of carbonyl (C=O) groups excluding carboxylic acids is 1. The number of piperidine rings is 1. The van der Waals surface area contributed by atoms with Gasteiger partial charge in [-0.3, -0.25) is 4.79 Å². The number of aryl methyl sites for hydroxylation is 1. The molecule has 0 unspecified atom stereocenters. The Morgan fingerprint density at radius 1 is 1.21 bits per heavy atom. The summed E-state index contributed by atoms with van der Waals surface area (Å²) in [5.41, 5.74) is 2.14. The topological polar surface area (TPSA) is 41.1 Å². The average Bonchev–Trinajstić information content (AvgIpc) is 2.58. The summed E-state index contributed by atoms with van der Waals surface area (Å²) in [7, 11) is 0. The molecule has 2 aliphatic rings. The number of benzene rings is 1. The van der Waals surface area contributed by atoms with Crippen LogP contribution in [-0.2, 0) is 4.79 Å². The number of carbonyl (C=O) groups is 1. The summed E-state index contributed by atoms with van der Waals surface area (Å²) in [6.45, 7) is 5.20. The Morgan fingerprint density at radius 2 is 2.00 bits per heavy atom. The standard InChI is InChI=1S/C20H30N2OS/c1-14-12-18(24-17-6-4-3-5-7-17)8-9-19(14)22-20(23)16-10-11-21-15(2)13-16/h8-9,12,15-17,21H,3-7,10-11,13H2,1-2H3,(H,22,23)/t15-,16-/m0/s1. The van der Waals surface area contributed by atoms with Gasteiger partial charge < -0.3 is 10.6 Å². The van der Waals surface area contributed by atoms with Crippen LogP contribution in [0.5, 0.6) is 0 Å². The van der Waals surface area contributed by atoms with E-state index in [0.717, 1.165) is 30.3 Å². The monoisotopic (exact) mass is 346 g/mol. The Kier molecular flexibility index (Phi) is 6.23. The summed E-state index contributed by atoms with van der Waals surface area (Å²) >= 11 is 2.01. The lowest BCUT2D eigenvalue weighted by Crippen LogP contribution is -2.40. The SMILES string of the molecule is Cc1cc(SC2CCCCC2)ccc1NC(=O)[C@H]1CCN[C@@H](C)C1. The van der Waals surface area contributed by atoms with Crippen LogP contribution in [-0.4, -0.2) is 23.7 Å². The molecule has 1 heterocycles. The predicted molar refractivity (Wildman–Crippen MR) is 103 cm³/mol. The Morgan fingerprint density at radius 3 is 2.71 bits per heavy atom. The highest BCUT2D eigenvalue weighted by molar-refractivity contribution is 8.00. The van der Waals surface area contributed by atoms with E-state index in [4.69, 9.17) is 0 Å². The summed E-state index contributed by atoms with van der Waals surface area (Å²) < 4.78 is 0. The summed E-state index contributed by atoms with van der Waals surface area (Å²) in [5.74, 6) is 0.316. The lowest BCUT2D eigenvalue weighted by atomic mass is 9.92. The van der Waals surface area contributed by atoms with E-state index in [9.17, 15) is 4.79 Å². The van der Waals surface area contributed by atoms with Crippen LogP contribution in [0.15, 0.2) is 23.1 Å². The third kappa shape index (κ3) is 4.76. The second-order valence-electron chi connectivity index (χ2n) is 7.42. The molecule has 1 aliphatic heterocycles. The van der Waals surface area contributed by atoms with Crippen LogP contribution in [0.4, 0.5) is 5.69 Å². The van der Waals surface area contributed by atoms with Crippen LogP contribution >= 0.6 is 11.8 Å². The first kappa shape index (κ1) is 17.8. The minimum Gasteiger partial charge on any atom is -0.326 e. The highest BCUT2D eigenvalue weighted by Gasteiger charge is 2.25. The Bertz CT molecular complexity index is 569. The van der Waals surface area contributed by atoms with E-state index in [1.54, 1.807) is 0 Å². The molecule has 24 heavy (non-hydrogen) atoms. The molecule has 3 rings (SSSR count). The fraction of sp³-hybridized carbons (Fsp3) is 0.650. The molecule has 0 spiro atoms. The zero-order valence-electron chi connectivity index (χ0n) is 14.9. The third-order valence-corrected chi connectivity index (χ3v) is 6.64. The van der Waals surface area contributed by atoms with Gasteiger partial charge in [-0.2, -0.15) is 0 Å². The van der Waals surface area contributed by atoms with Crippen LogP contribution in [0.25, 0.3) is 0 Å². The van der Waals surface area contributed by atoms with Gasteiger partial charge in [0.15, 0.2) is 0 Å². The zero-order valence-corrected chi connectivity index (χ0v) is 15.8. The second-order valence-corrected chi connectivity index (χ2v) is 8.79. The Labute approximate surface area is 150 Å². The van der Waals surface area contributed by atoms with Crippen LogP contribution < -0.4 is 10.6 Å². The molecule has 4 heteroatoms. The summed E-state index contributed by atoms with van der Waals surface area (Å²) in [4.78, 5) is 13.9. The van der Waals surface area contributed by atoms with Gasteiger partial charge in [-0.05, 0) is 69.8 Å². The first-order valence-corrected chi connectivity index (χ1v) is 10.3. The third-order valence-electron chi connectivity index (χ3n) is 5.31. The number of hydrogen-bond donors (Lipinski definition) is 2. The maximum Gasteiger partial charge on any atom is 0.227 e. The van der Waals surface area contributed by atoms with Gasteiger partial charge in [-0.15, -0.1) is 11.8 Å². The van der Waals surface area contributed by atoms with E-state index in [0.29, 0.717) is 6.04 Å². The highest BCUT2D eigenvalue weighted by Crippen LogP contribution is 2.35. The van der Waals surface area contributed by atoms with Gasteiger partial charge in [-0.1, -0.05) is 19.3 Å². The number of rotatable bonds is 4. The molecule has 0 radical (unpaired) electrons. The summed E-state index contributed by atoms with van der Waals surface area (Å²) in [5, 5.41) is 7.33. The van der Waals surface area contributed by atoms with Crippen molar-refractivity contribution in [3.05, 3.63) is 23.8 Å². The zero-order chi connectivity index (χ0) is 16.9. The van der Waals surface area contributed by atoms with Crippen molar-refractivity contribution >= 4 is 23.4 Å². The van der Waals surface area contributed by atoms with Crippen molar-refractivity contribution in [2.45, 2.75) is 75.0 Å². The van der Waals surface area contributed by atoms with E-state index in [2.05, 4.69) is 42.7 Å². The van der Waals surface area contributed by atoms with Crippen LogP contribution in [0.3, 0.4) is 0 Å². The van der Waals surface area contributed by atoms with Crippen molar-refractivity contribution < 1.29 is 4.79 Å². The van der Waals surface area contributed by atoms with Gasteiger partial charge in [0.2, 0.25) is 5.91 Å². The van der Waals surface area contributed by atoms with Gasteiger partial charge >= 0.3 is 0 Å². The summed E-state index contributed by atoms with van der Waals surface area (Å²) in [6, 6.07) is 6.93. The summed E-state index contributed by atoms with van der Waals surface area (Å²) in [6.07, 6.45) is 8.70. The molecule has 2 atom stereocenters. The smallest absolute Gasteiger partial charge is 0.227 e. The maximum atomic E-state index is 12.5. The molecule has 1 amide bonds. The Balaban J connectivity index is 1.58. The molecule has 3 nitrogen and oxygen atoms in total. The van der Waals surface area contributed by atoms with Crippen molar-refractivity contribution in [3.8, 4) is 0 Å². The molecule has 1 aliphatic carbocycles. The lowest BCUT2D eigenvalue weighted by Gasteiger charge is -2.27. The molecule has 132 valence electrons. The largest absolute Gasteiger partial charge is 0.326 e. The van der Waals surface area contributed by atoms with Crippen molar-refractivity contribution in [1.82, 2.24) is 5.32 Å². The quantitative estimate of drug-likeness (QED) is 0.827. The van der Waals surface area contributed by atoms with Gasteiger partial charge in [0.05, 0.1) is 0 Å². The molecular formula is C20H30N2OS. The number of hydrogen-bond acceptors (Lipinski definition) is 3. The van der Waals surface area contributed by atoms with Gasteiger partial charge in [0.25, 0.3) is 0 Å². The molecule has 1 saturated carbocycles. The normalized spacial score (nSPS) is 25.4. The molecule has 1 saturated heterocycles. The van der Waals surface area contributed by atoms with Crippen molar-refractivity contribution in [3.63, 3.8) is 0 Å². The number of anilines is 1. The number of amides is 1. The molecular weight excluding hydrogens is 316 g/mol. The lowest BCUT2D eigenvalue weighted by molar-refractivity contribution is -0.120.